The highest BCUT2D eigenvalue weighted by atomic mass is 79.9. The SMILES string of the molecule is COCCNc1cc(Br)c(F)cc1F. The average Bonchev–Trinajstić information content (AvgIpc) is 2.14. The monoisotopic (exact) mass is 265 g/mol. The van der Waals surface area contributed by atoms with Gasteiger partial charge in [0, 0.05) is 19.7 Å². The van der Waals surface area contributed by atoms with Gasteiger partial charge in [0.05, 0.1) is 16.8 Å². The van der Waals surface area contributed by atoms with Gasteiger partial charge in [0.1, 0.15) is 11.6 Å². The molecule has 0 fully saturated rings. The van der Waals surface area contributed by atoms with E-state index in [0.29, 0.717) is 13.2 Å². The predicted octanol–water partition coefficient (Wildman–Crippen LogP) is 2.79. The van der Waals surface area contributed by atoms with Crippen molar-refractivity contribution in [2.75, 3.05) is 25.6 Å². The van der Waals surface area contributed by atoms with Gasteiger partial charge in [-0.3, -0.25) is 0 Å². The summed E-state index contributed by atoms with van der Waals surface area (Å²) in [5.74, 6) is -1.22. The van der Waals surface area contributed by atoms with Gasteiger partial charge in [-0.25, -0.2) is 8.78 Å². The van der Waals surface area contributed by atoms with Gasteiger partial charge in [-0.2, -0.15) is 0 Å². The molecule has 78 valence electrons. The Bertz CT molecular complexity index is 320. The number of halogens is 3. The van der Waals surface area contributed by atoms with Crippen molar-refractivity contribution >= 4 is 21.6 Å². The zero-order valence-corrected chi connectivity index (χ0v) is 9.20. The molecule has 1 aromatic carbocycles. The lowest BCUT2D eigenvalue weighted by Gasteiger charge is -2.07. The van der Waals surface area contributed by atoms with E-state index in [1.165, 1.54) is 6.07 Å². The van der Waals surface area contributed by atoms with Crippen LogP contribution in [0.25, 0.3) is 0 Å². The van der Waals surface area contributed by atoms with E-state index in [4.69, 9.17) is 4.74 Å². The normalized spacial score (nSPS) is 10.3. The van der Waals surface area contributed by atoms with Crippen molar-refractivity contribution in [3.05, 3.63) is 28.2 Å². The number of hydrogen-bond acceptors (Lipinski definition) is 2. The molecule has 0 bridgehead atoms. The maximum atomic E-state index is 13.1. The van der Waals surface area contributed by atoms with Gasteiger partial charge in [-0.15, -0.1) is 0 Å². The van der Waals surface area contributed by atoms with E-state index in [2.05, 4.69) is 21.2 Å². The van der Waals surface area contributed by atoms with Gasteiger partial charge in [-0.05, 0) is 22.0 Å². The van der Waals surface area contributed by atoms with Crippen LogP contribution in [0, 0.1) is 11.6 Å². The number of ether oxygens (including phenoxy) is 1. The molecule has 0 aliphatic heterocycles. The number of hydrogen-bond donors (Lipinski definition) is 1. The molecule has 0 saturated heterocycles. The molecule has 14 heavy (non-hydrogen) atoms. The fourth-order valence-electron chi connectivity index (χ4n) is 0.946. The summed E-state index contributed by atoms with van der Waals surface area (Å²) < 4.78 is 30.9. The largest absolute Gasteiger partial charge is 0.383 e. The second-order valence-electron chi connectivity index (χ2n) is 2.67. The molecular weight excluding hydrogens is 256 g/mol. The second-order valence-corrected chi connectivity index (χ2v) is 3.52. The average molecular weight is 266 g/mol. The minimum atomic E-state index is -0.611. The van der Waals surface area contributed by atoms with Crippen molar-refractivity contribution in [2.45, 2.75) is 0 Å². The Morgan fingerprint density at radius 2 is 2.07 bits per heavy atom. The predicted molar refractivity (Wildman–Crippen MR) is 54.4 cm³/mol. The van der Waals surface area contributed by atoms with Crippen molar-refractivity contribution in [2.24, 2.45) is 0 Å². The Balaban J connectivity index is 2.72. The molecular formula is C9H10BrF2NO. The van der Waals surface area contributed by atoms with Gasteiger partial charge < -0.3 is 10.1 Å². The Morgan fingerprint density at radius 1 is 1.36 bits per heavy atom. The summed E-state index contributed by atoms with van der Waals surface area (Å²) >= 11 is 2.98. The maximum Gasteiger partial charge on any atom is 0.149 e. The van der Waals surface area contributed by atoms with Crippen molar-refractivity contribution in [3.63, 3.8) is 0 Å². The molecule has 0 atom stereocenters. The van der Waals surface area contributed by atoms with Crippen molar-refractivity contribution < 1.29 is 13.5 Å². The number of benzene rings is 1. The van der Waals surface area contributed by atoms with Crippen LogP contribution in [0.2, 0.25) is 0 Å². The van der Waals surface area contributed by atoms with E-state index in [1.54, 1.807) is 7.11 Å². The lowest BCUT2D eigenvalue weighted by molar-refractivity contribution is 0.210. The molecule has 0 aliphatic rings. The van der Waals surface area contributed by atoms with Crippen LogP contribution in [0.15, 0.2) is 16.6 Å². The van der Waals surface area contributed by atoms with E-state index in [0.717, 1.165) is 6.07 Å². The van der Waals surface area contributed by atoms with Crippen LogP contribution < -0.4 is 5.32 Å². The van der Waals surface area contributed by atoms with Crippen LogP contribution in [0.3, 0.4) is 0 Å². The number of anilines is 1. The van der Waals surface area contributed by atoms with Crippen molar-refractivity contribution in [1.82, 2.24) is 0 Å². The number of methoxy groups -OCH3 is 1. The van der Waals surface area contributed by atoms with Gasteiger partial charge in [-0.1, -0.05) is 0 Å². The highest BCUT2D eigenvalue weighted by Crippen LogP contribution is 2.23. The minimum absolute atomic E-state index is 0.235. The lowest BCUT2D eigenvalue weighted by atomic mass is 10.3. The summed E-state index contributed by atoms with van der Waals surface area (Å²) in [7, 11) is 1.55. The third-order valence-corrected chi connectivity index (χ3v) is 2.24. The van der Waals surface area contributed by atoms with Crippen LogP contribution in [-0.4, -0.2) is 20.3 Å². The Labute approximate surface area is 89.4 Å². The van der Waals surface area contributed by atoms with Crippen LogP contribution in [0.5, 0.6) is 0 Å². The highest BCUT2D eigenvalue weighted by molar-refractivity contribution is 9.10. The zero-order valence-electron chi connectivity index (χ0n) is 7.61. The minimum Gasteiger partial charge on any atom is -0.383 e. The number of rotatable bonds is 4. The Kier molecular flexibility index (Phi) is 4.28. The van der Waals surface area contributed by atoms with Gasteiger partial charge in [0.15, 0.2) is 0 Å². The van der Waals surface area contributed by atoms with Crippen LogP contribution in [-0.2, 0) is 4.74 Å². The third-order valence-electron chi connectivity index (χ3n) is 1.63. The van der Waals surface area contributed by atoms with Gasteiger partial charge in [0.2, 0.25) is 0 Å². The lowest BCUT2D eigenvalue weighted by Crippen LogP contribution is -2.09. The van der Waals surface area contributed by atoms with Crippen LogP contribution in [0.4, 0.5) is 14.5 Å². The Morgan fingerprint density at radius 3 is 2.71 bits per heavy atom. The molecule has 0 unspecified atom stereocenters. The number of nitrogens with one attached hydrogen (secondary N) is 1. The quantitative estimate of drug-likeness (QED) is 0.668. The molecule has 0 amide bonds. The maximum absolute atomic E-state index is 13.1. The molecule has 2 nitrogen and oxygen atoms in total. The van der Waals surface area contributed by atoms with E-state index < -0.39 is 11.6 Å². The molecule has 0 heterocycles. The molecule has 0 radical (unpaired) electrons. The Hall–Kier alpha value is -0.680. The summed E-state index contributed by atoms with van der Waals surface area (Å²) in [4.78, 5) is 0. The molecule has 1 rings (SSSR count). The summed E-state index contributed by atoms with van der Waals surface area (Å²) in [6, 6.07) is 2.19. The zero-order chi connectivity index (χ0) is 10.6. The van der Waals surface area contributed by atoms with Crippen molar-refractivity contribution in [3.8, 4) is 0 Å². The summed E-state index contributed by atoms with van der Waals surface area (Å²) in [5.41, 5.74) is 0.260. The van der Waals surface area contributed by atoms with Crippen molar-refractivity contribution in [1.29, 1.82) is 0 Å². The van der Waals surface area contributed by atoms with Gasteiger partial charge in [0.25, 0.3) is 0 Å². The fourth-order valence-corrected chi connectivity index (χ4v) is 1.29. The molecule has 1 N–H and O–H groups in total. The fraction of sp³-hybridized carbons (Fsp3) is 0.333. The van der Waals surface area contributed by atoms with E-state index in [9.17, 15) is 8.78 Å². The van der Waals surface area contributed by atoms with E-state index in [1.807, 2.05) is 0 Å². The van der Waals surface area contributed by atoms with Crippen LogP contribution >= 0.6 is 15.9 Å². The first-order valence-corrected chi connectivity index (χ1v) is 4.82. The molecule has 0 aromatic heterocycles. The van der Waals surface area contributed by atoms with E-state index in [-0.39, 0.29) is 10.2 Å². The summed E-state index contributed by atoms with van der Waals surface area (Å²) in [5, 5.41) is 2.79. The molecule has 0 spiro atoms. The molecule has 0 saturated carbocycles. The highest BCUT2D eigenvalue weighted by Gasteiger charge is 2.07. The summed E-state index contributed by atoms with van der Waals surface area (Å²) in [6.45, 7) is 0.944. The topological polar surface area (TPSA) is 21.3 Å². The first kappa shape index (κ1) is 11.4. The second kappa shape index (κ2) is 5.26. The first-order valence-electron chi connectivity index (χ1n) is 4.02. The van der Waals surface area contributed by atoms with Gasteiger partial charge >= 0.3 is 0 Å². The first-order chi connectivity index (χ1) is 6.65. The molecule has 0 aliphatic carbocycles. The molecule has 1 aromatic rings. The smallest absolute Gasteiger partial charge is 0.149 e. The van der Waals surface area contributed by atoms with Crippen LogP contribution in [0.1, 0.15) is 0 Å². The summed E-state index contributed by atoms with van der Waals surface area (Å²) in [6.07, 6.45) is 0. The standard InChI is InChI=1S/C9H10BrF2NO/c1-14-3-2-13-9-4-6(10)7(11)5-8(9)12/h4-5,13H,2-3H2,1H3. The van der Waals surface area contributed by atoms with E-state index >= 15 is 0 Å². The molecule has 5 heteroatoms. The third kappa shape index (κ3) is 2.92.